The number of nitrogens with zero attached hydrogens (tertiary/aromatic N) is 2. The lowest BCUT2D eigenvalue weighted by Crippen LogP contribution is -2.52. The minimum absolute atomic E-state index is 0.173. The van der Waals surface area contributed by atoms with Gasteiger partial charge in [0.05, 0.1) is 19.8 Å². The third kappa shape index (κ3) is 6.44. The summed E-state index contributed by atoms with van der Waals surface area (Å²) >= 11 is 0. The summed E-state index contributed by atoms with van der Waals surface area (Å²) in [7, 11) is 0. The average molecular weight is 401 g/mol. The molecule has 1 heterocycles. The Kier molecular flexibility index (Phi) is 7.07. The lowest BCUT2D eigenvalue weighted by atomic mass is 10.1. The Labute approximate surface area is 170 Å². The third-order valence-corrected chi connectivity index (χ3v) is 4.99. The predicted octanol–water partition coefficient (Wildman–Crippen LogP) is 2.20. The van der Waals surface area contributed by atoms with E-state index >= 15 is 0 Å². The molecule has 2 aliphatic rings. The number of rotatable bonds is 8. The maximum absolute atomic E-state index is 12.8. The zero-order chi connectivity index (χ0) is 20.7. The standard InChI is InChI=1S/C21H27N3O5/c1-21(15-22,28-14-17-5-3-2-4-6-17)23-19(25)18(13-16-7-8-16)29-20(26)24-9-11-27-12-10-24/h2-6,16,18H,7-14H2,1H3,(H,23,25). The first-order valence-corrected chi connectivity index (χ1v) is 9.93. The molecule has 0 aromatic heterocycles. The number of nitriles is 1. The molecule has 0 radical (unpaired) electrons. The van der Waals surface area contributed by atoms with Crippen molar-refractivity contribution in [2.75, 3.05) is 26.3 Å². The van der Waals surface area contributed by atoms with Crippen LogP contribution < -0.4 is 5.32 Å². The number of ether oxygens (including phenoxy) is 3. The summed E-state index contributed by atoms with van der Waals surface area (Å²) in [5.41, 5.74) is -0.642. The van der Waals surface area contributed by atoms with Crippen molar-refractivity contribution in [3.8, 4) is 6.07 Å². The summed E-state index contributed by atoms with van der Waals surface area (Å²) in [6.45, 7) is 3.44. The van der Waals surface area contributed by atoms with Gasteiger partial charge < -0.3 is 24.4 Å². The largest absolute Gasteiger partial charge is 0.436 e. The fraction of sp³-hybridized carbons (Fsp3) is 0.571. The first-order valence-electron chi connectivity index (χ1n) is 9.93. The Balaban J connectivity index is 1.59. The van der Waals surface area contributed by atoms with E-state index in [0.29, 0.717) is 38.6 Å². The molecule has 1 saturated carbocycles. The van der Waals surface area contributed by atoms with Crippen LogP contribution in [0.25, 0.3) is 0 Å². The van der Waals surface area contributed by atoms with Crippen LogP contribution in [0.4, 0.5) is 4.79 Å². The molecular formula is C21H27N3O5. The Morgan fingerprint density at radius 2 is 2.00 bits per heavy atom. The minimum atomic E-state index is -1.53. The number of hydrogen-bond donors (Lipinski definition) is 1. The van der Waals surface area contributed by atoms with Crippen LogP contribution in [0.2, 0.25) is 0 Å². The Bertz CT molecular complexity index is 740. The summed E-state index contributed by atoms with van der Waals surface area (Å²) in [4.78, 5) is 26.8. The second-order valence-corrected chi connectivity index (χ2v) is 7.56. The van der Waals surface area contributed by atoms with Gasteiger partial charge in [-0.2, -0.15) is 5.26 Å². The highest BCUT2D eigenvalue weighted by Gasteiger charge is 2.37. The van der Waals surface area contributed by atoms with Crippen molar-refractivity contribution in [1.82, 2.24) is 10.2 Å². The van der Waals surface area contributed by atoms with Crippen molar-refractivity contribution in [3.63, 3.8) is 0 Å². The maximum Gasteiger partial charge on any atom is 0.410 e. The van der Waals surface area contributed by atoms with Crippen LogP contribution in [-0.2, 0) is 25.6 Å². The molecule has 3 rings (SSSR count). The van der Waals surface area contributed by atoms with E-state index in [1.54, 1.807) is 0 Å². The second-order valence-electron chi connectivity index (χ2n) is 7.56. The summed E-state index contributed by atoms with van der Waals surface area (Å²) in [6, 6.07) is 11.4. The molecule has 1 N–H and O–H groups in total. The molecule has 8 nitrogen and oxygen atoms in total. The van der Waals surface area contributed by atoms with E-state index in [0.717, 1.165) is 18.4 Å². The molecule has 29 heavy (non-hydrogen) atoms. The lowest BCUT2D eigenvalue weighted by Gasteiger charge is -2.30. The van der Waals surface area contributed by atoms with Crippen molar-refractivity contribution in [1.29, 1.82) is 5.26 Å². The van der Waals surface area contributed by atoms with E-state index in [2.05, 4.69) is 5.32 Å². The molecule has 1 aliphatic heterocycles. The van der Waals surface area contributed by atoms with Gasteiger partial charge in [-0.3, -0.25) is 4.79 Å². The first-order chi connectivity index (χ1) is 14.0. The predicted molar refractivity (Wildman–Crippen MR) is 103 cm³/mol. The van der Waals surface area contributed by atoms with Gasteiger partial charge in [-0.25, -0.2) is 4.79 Å². The molecule has 2 unspecified atom stereocenters. The first kappa shape index (κ1) is 21.1. The van der Waals surface area contributed by atoms with Crippen LogP contribution in [0.1, 0.15) is 31.7 Å². The van der Waals surface area contributed by atoms with Crippen molar-refractivity contribution in [2.45, 2.75) is 44.6 Å². The molecule has 0 bridgehead atoms. The molecule has 1 aromatic rings. The number of benzene rings is 1. The van der Waals surface area contributed by atoms with Crippen LogP contribution >= 0.6 is 0 Å². The van der Waals surface area contributed by atoms with Crippen molar-refractivity contribution < 1.29 is 23.8 Å². The van der Waals surface area contributed by atoms with E-state index in [9.17, 15) is 14.9 Å². The zero-order valence-corrected chi connectivity index (χ0v) is 16.6. The molecule has 8 heteroatoms. The average Bonchev–Trinajstić information content (AvgIpc) is 3.57. The maximum atomic E-state index is 12.8. The van der Waals surface area contributed by atoms with Crippen LogP contribution in [0.3, 0.4) is 0 Å². The molecule has 2 atom stereocenters. The van der Waals surface area contributed by atoms with Gasteiger partial charge in [0, 0.05) is 13.1 Å². The summed E-state index contributed by atoms with van der Waals surface area (Å²) in [6.07, 6.45) is 0.990. The quantitative estimate of drug-likeness (QED) is 0.670. The van der Waals surface area contributed by atoms with Gasteiger partial charge in [0.25, 0.3) is 5.91 Å². The van der Waals surface area contributed by atoms with Gasteiger partial charge in [0.1, 0.15) is 6.07 Å². The lowest BCUT2D eigenvalue weighted by molar-refractivity contribution is -0.138. The van der Waals surface area contributed by atoms with Crippen molar-refractivity contribution in [3.05, 3.63) is 35.9 Å². The molecule has 1 saturated heterocycles. The minimum Gasteiger partial charge on any atom is -0.436 e. The topological polar surface area (TPSA) is 101 Å². The number of morpholine rings is 1. The van der Waals surface area contributed by atoms with Gasteiger partial charge in [-0.1, -0.05) is 43.2 Å². The number of hydrogen-bond acceptors (Lipinski definition) is 6. The van der Waals surface area contributed by atoms with Gasteiger partial charge in [0.2, 0.25) is 5.72 Å². The molecule has 2 fully saturated rings. The van der Waals surface area contributed by atoms with Crippen LogP contribution in [0.15, 0.2) is 30.3 Å². The van der Waals surface area contributed by atoms with Crippen LogP contribution in [0, 0.1) is 17.2 Å². The summed E-state index contributed by atoms with van der Waals surface area (Å²) < 4.78 is 16.4. The fourth-order valence-corrected chi connectivity index (χ4v) is 3.02. The monoisotopic (exact) mass is 401 g/mol. The highest BCUT2D eigenvalue weighted by Crippen LogP contribution is 2.34. The zero-order valence-electron chi connectivity index (χ0n) is 16.6. The van der Waals surface area contributed by atoms with Crippen molar-refractivity contribution >= 4 is 12.0 Å². The fourth-order valence-electron chi connectivity index (χ4n) is 3.02. The third-order valence-electron chi connectivity index (χ3n) is 4.99. The molecule has 0 spiro atoms. The number of amides is 2. The summed E-state index contributed by atoms with van der Waals surface area (Å²) in [5, 5.41) is 12.2. The van der Waals surface area contributed by atoms with Gasteiger partial charge in [-0.15, -0.1) is 0 Å². The highest BCUT2D eigenvalue weighted by molar-refractivity contribution is 5.84. The van der Waals surface area contributed by atoms with E-state index in [4.69, 9.17) is 14.2 Å². The Morgan fingerprint density at radius 3 is 2.62 bits per heavy atom. The van der Waals surface area contributed by atoms with Gasteiger partial charge in [-0.05, 0) is 24.8 Å². The normalized spacial score (nSPS) is 19.5. The van der Waals surface area contributed by atoms with Gasteiger partial charge >= 0.3 is 6.09 Å². The van der Waals surface area contributed by atoms with Crippen LogP contribution in [0.5, 0.6) is 0 Å². The summed E-state index contributed by atoms with van der Waals surface area (Å²) in [5.74, 6) is -0.155. The molecule has 1 aliphatic carbocycles. The van der Waals surface area contributed by atoms with E-state index in [1.165, 1.54) is 11.8 Å². The molecule has 156 valence electrons. The second kappa shape index (κ2) is 9.72. The van der Waals surface area contributed by atoms with E-state index in [1.807, 2.05) is 36.4 Å². The molecular weight excluding hydrogens is 374 g/mol. The SMILES string of the molecule is CC(C#N)(NC(=O)C(CC1CC1)OC(=O)N1CCOCC1)OCc1ccccc1. The van der Waals surface area contributed by atoms with Gasteiger partial charge in [0.15, 0.2) is 6.10 Å². The molecule has 1 aromatic carbocycles. The van der Waals surface area contributed by atoms with Crippen LogP contribution in [-0.4, -0.2) is 55.0 Å². The molecule has 2 amide bonds. The number of carbonyl (C=O) groups is 2. The van der Waals surface area contributed by atoms with Crippen molar-refractivity contribution in [2.24, 2.45) is 5.92 Å². The van der Waals surface area contributed by atoms with E-state index < -0.39 is 23.8 Å². The number of carbonyl (C=O) groups excluding carboxylic acids is 2. The van der Waals surface area contributed by atoms with E-state index in [-0.39, 0.29) is 6.61 Å². The highest BCUT2D eigenvalue weighted by atomic mass is 16.6. The Morgan fingerprint density at radius 1 is 1.31 bits per heavy atom. The Hall–Kier alpha value is -2.63. The smallest absolute Gasteiger partial charge is 0.410 e. The number of nitrogens with one attached hydrogen (secondary N) is 1.